The molecule has 1 N–H and O–H groups in total. The summed E-state index contributed by atoms with van der Waals surface area (Å²) in [6.45, 7) is 5.69. The van der Waals surface area contributed by atoms with E-state index in [4.69, 9.17) is 9.26 Å². The molecular weight excluding hydrogens is 330 g/mol. The van der Waals surface area contributed by atoms with Crippen LogP contribution in [0.5, 0.6) is 5.75 Å². The monoisotopic (exact) mass is 353 g/mol. The number of aromatic amines is 1. The fourth-order valence-electron chi connectivity index (χ4n) is 3.28. The predicted octanol–water partition coefficient (Wildman–Crippen LogP) is 3.22. The number of H-pyrrole nitrogens is 1. The lowest BCUT2D eigenvalue weighted by atomic mass is 10.0. The number of imidazole rings is 1. The molecule has 26 heavy (non-hydrogen) atoms. The molecule has 0 aliphatic carbocycles. The van der Waals surface area contributed by atoms with Crippen LogP contribution in [0.1, 0.15) is 54.5 Å². The molecule has 0 saturated carbocycles. The minimum absolute atomic E-state index is 0.0212. The van der Waals surface area contributed by atoms with Gasteiger partial charge in [-0.3, -0.25) is 4.90 Å². The smallest absolute Gasteiger partial charge is 0.244 e. The molecular formula is C19H23N5O2. The van der Waals surface area contributed by atoms with Crippen LogP contribution in [0.2, 0.25) is 0 Å². The van der Waals surface area contributed by atoms with E-state index in [0.29, 0.717) is 5.89 Å². The minimum atomic E-state index is 0.0212. The number of fused-ring (bicyclic) bond motifs is 1. The van der Waals surface area contributed by atoms with Crippen molar-refractivity contribution in [3.05, 3.63) is 59.3 Å². The van der Waals surface area contributed by atoms with Crippen LogP contribution in [0.3, 0.4) is 0 Å². The topological polar surface area (TPSA) is 80.1 Å². The molecule has 0 amide bonds. The summed E-state index contributed by atoms with van der Waals surface area (Å²) >= 11 is 0. The van der Waals surface area contributed by atoms with Gasteiger partial charge in [0.05, 0.1) is 30.9 Å². The SMILES string of the molecule is COc1ccc(CN2Cc3[nH]cnc3CC2c2nc(C(C)C)no2)cc1. The summed E-state index contributed by atoms with van der Waals surface area (Å²) in [5.74, 6) is 2.51. The molecule has 1 atom stereocenters. The number of hydrogen-bond acceptors (Lipinski definition) is 6. The van der Waals surface area contributed by atoms with E-state index in [-0.39, 0.29) is 12.0 Å². The van der Waals surface area contributed by atoms with E-state index in [2.05, 4.69) is 51.0 Å². The molecule has 1 aromatic carbocycles. The van der Waals surface area contributed by atoms with E-state index in [1.807, 2.05) is 12.1 Å². The van der Waals surface area contributed by atoms with Crippen molar-refractivity contribution in [1.82, 2.24) is 25.0 Å². The Labute approximate surface area is 152 Å². The molecule has 3 aromatic rings. The van der Waals surface area contributed by atoms with Gasteiger partial charge < -0.3 is 14.2 Å². The molecule has 7 heteroatoms. The molecule has 4 rings (SSSR count). The summed E-state index contributed by atoms with van der Waals surface area (Å²) in [4.78, 5) is 14.7. The summed E-state index contributed by atoms with van der Waals surface area (Å²) in [5.41, 5.74) is 3.44. The summed E-state index contributed by atoms with van der Waals surface area (Å²) in [6.07, 6.45) is 2.51. The standard InChI is InChI=1S/C19H23N5O2/c1-12(2)18-22-19(26-23-18)17-8-15-16(21-11-20-15)10-24(17)9-13-4-6-14(25-3)7-5-13/h4-7,11-12,17H,8-10H2,1-3H3,(H,20,21). The van der Waals surface area contributed by atoms with Gasteiger partial charge in [-0.05, 0) is 17.7 Å². The van der Waals surface area contributed by atoms with Crippen LogP contribution in [0.15, 0.2) is 35.1 Å². The van der Waals surface area contributed by atoms with Crippen LogP contribution in [0.4, 0.5) is 0 Å². The predicted molar refractivity (Wildman–Crippen MR) is 95.7 cm³/mol. The van der Waals surface area contributed by atoms with Crippen molar-refractivity contribution in [2.45, 2.75) is 45.3 Å². The maximum Gasteiger partial charge on any atom is 0.244 e. The number of methoxy groups -OCH3 is 1. The van der Waals surface area contributed by atoms with Gasteiger partial charge >= 0.3 is 0 Å². The van der Waals surface area contributed by atoms with E-state index in [0.717, 1.165) is 42.5 Å². The van der Waals surface area contributed by atoms with Crippen LogP contribution in [0, 0.1) is 0 Å². The second kappa shape index (κ2) is 6.92. The molecule has 0 saturated heterocycles. The van der Waals surface area contributed by atoms with E-state index >= 15 is 0 Å². The van der Waals surface area contributed by atoms with Crippen molar-refractivity contribution in [1.29, 1.82) is 0 Å². The second-order valence-corrected chi connectivity index (χ2v) is 6.95. The lowest BCUT2D eigenvalue weighted by Crippen LogP contribution is -2.34. The first-order valence-electron chi connectivity index (χ1n) is 8.85. The molecule has 1 aliphatic heterocycles. The highest BCUT2D eigenvalue weighted by atomic mass is 16.5. The highest BCUT2D eigenvalue weighted by molar-refractivity contribution is 5.28. The minimum Gasteiger partial charge on any atom is -0.497 e. The van der Waals surface area contributed by atoms with E-state index < -0.39 is 0 Å². The van der Waals surface area contributed by atoms with Gasteiger partial charge in [-0.25, -0.2) is 4.98 Å². The Morgan fingerprint density at radius 3 is 2.81 bits per heavy atom. The largest absolute Gasteiger partial charge is 0.497 e. The van der Waals surface area contributed by atoms with Gasteiger partial charge in [0.25, 0.3) is 0 Å². The fraction of sp³-hybridized carbons (Fsp3) is 0.421. The molecule has 1 unspecified atom stereocenters. The molecule has 7 nitrogen and oxygen atoms in total. The summed E-state index contributed by atoms with van der Waals surface area (Å²) < 4.78 is 10.9. The Hall–Kier alpha value is -2.67. The van der Waals surface area contributed by atoms with Gasteiger partial charge in [-0.1, -0.05) is 31.1 Å². The average Bonchev–Trinajstić information content (AvgIpc) is 3.30. The third kappa shape index (κ3) is 3.22. The maximum absolute atomic E-state index is 5.60. The zero-order valence-electron chi connectivity index (χ0n) is 15.3. The van der Waals surface area contributed by atoms with E-state index in [9.17, 15) is 0 Å². The lowest BCUT2D eigenvalue weighted by Gasteiger charge is -2.32. The summed E-state index contributed by atoms with van der Waals surface area (Å²) in [7, 11) is 1.68. The summed E-state index contributed by atoms with van der Waals surface area (Å²) in [6, 6.07) is 8.17. The Balaban J connectivity index is 1.62. The Morgan fingerprint density at radius 2 is 2.12 bits per heavy atom. The molecule has 0 fully saturated rings. The van der Waals surface area contributed by atoms with E-state index in [1.54, 1.807) is 13.4 Å². The van der Waals surface area contributed by atoms with Crippen molar-refractivity contribution in [3.8, 4) is 5.75 Å². The maximum atomic E-state index is 5.60. The number of benzene rings is 1. The lowest BCUT2D eigenvalue weighted by molar-refractivity contribution is 0.128. The normalized spacial score (nSPS) is 17.5. The van der Waals surface area contributed by atoms with Crippen molar-refractivity contribution in [2.24, 2.45) is 0 Å². The van der Waals surface area contributed by atoms with Gasteiger partial charge in [0.2, 0.25) is 5.89 Å². The highest BCUT2D eigenvalue weighted by Gasteiger charge is 2.33. The second-order valence-electron chi connectivity index (χ2n) is 6.95. The number of hydrogen-bond donors (Lipinski definition) is 1. The number of nitrogens with zero attached hydrogens (tertiary/aromatic N) is 4. The number of aromatic nitrogens is 4. The van der Waals surface area contributed by atoms with Gasteiger partial charge in [0, 0.05) is 25.4 Å². The van der Waals surface area contributed by atoms with Crippen molar-refractivity contribution < 1.29 is 9.26 Å². The zero-order chi connectivity index (χ0) is 18.1. The Morgan fingerprint density at radius 1 is 1.31 bits per heavy atom. The summed E-state index contributed by atoms with van der Waals surface area (Å²) in [5, 5.41) is 4.14. The average molecular weight is 353 g/mol. The Bertz CT molecular complexity index is 868. The van der Waals surface area contributed by atoms with Crippen LogP contribution < -0.4 is 4.74 Å². The first kappa shape index (κ1) is 16.8. The number of nitrogens with one attached hydrogen (secondary N) is 1. The molecule has 2 aromatic heterocycles. The van der Waals surface area contributed by atoms with Crippen LogP contribution in [-0.4, -0.2) is 32.1 Å². The first-order valence-corrected chi connectivity index (χ1v) is 8.85. The zero-order valence-corrected chi connectivity index (χ0v) is 15.3. The van der Waals surface area contributed by atoms with Crippen LogP contribution in [0.25, 0.3) is 0 Å². The molecule has 3 heterocycles. The number of ether oxygens (including phenoxy) is 1. The van der Waals surface area contributed by atoms with Crippen LogP contribution in [-0.2, 0) is 19.5 Å². The van der Waals surface area contributed by atoms with E-state index in [1.165, 1.54) is 5.56 Å². The first-order chi connectivity index (χ1) is 12.6. The Kier molecular flexibility index (Phi) is 4.46. The van der Waals surface area contributed by atoms with Gasteiger partial charge in [-0.2, -0.15) is 4.98 Å². The van der Waals surface area contributed by atoms with Crippen LogP contribution >= 0.6 is 0 Å². The van der Waals surface area contributed by atoms with Gasteiger partial charge in [-0.15, -0.1) is 0 Å². The molecule has 1 aliphatic rings. The molecule has 136 valence electrons. The highest BCUT2D eigenvalue weighted by Crippen LogP contribution is 2.33. The molecule has 0 radical (unpaired) electrons. The molecule has 0 bridgehead atoms. The van der Waals surface area contributed by atoms with Gasteiger partial charge in [0.1, 0.15) is 5.75 Å². The van der Waals surface area contributed by atoms with Crippen molar-refractivity contribution in [3.63, 3.8) is 0 Å². The van der Waals surface area contributed by atoms with Gasteiger partial charge in [0.15, 0.2) is 5.82 Å². The molecule has 0 spiro atoms. The quantitative estimate of drug-likeness (QED) is 0.758. The fourth-order valence-corrected chi connectivity index (χ4v) is 3.28. The van der Waals surface area contributed by atoms with Crippen molar-refractivity contribution >= 4 is 0 Å². The number of rotatable bonds is 5. The third-order valence-electron chi connectivity index (χ3n) is 4.80. The van der Waals surface area contributed by atoms with Crippen molar-refractivity contribution in [2.75, 3.05) is 7.11 Å². The third-order valence-corrected chi connectivity index (χ3v) is 4.80.